The van der Waals surface area contributed by atoms with Crippen LogP contribution in [-0.2, 0) is 11.3 Å². The Labute approximate surface area is 209 Å². The van der Waals surface area contributed by atoms with E-state index in [4.69, 9.17) is 26.4 Å². The van der Waals surface area contributed by atoms with Crippen LogP contribution in [0.4, 0.5) is 5.69 Å². The molecule has 2 N–H and O–H groups in total. The number of aryl methyl sites for hydroxylation is 2. The van der Waals surface area contributed by atoms with E-state index in [0.717, 1.165) is 55.0 Å². The minimum Gasteiger partial charge on any atom is -0.454 e. The zero-order valence-electron chi connectivity index (χ0n) is 20.1. The maximum Gasteiger partial charge on any atom is 0.253 e. The Morgan fingerprint density at radius 3 is 2.66 bits per heavy atom. The molecule has 184 valence electrons. The normalized spacial score (nSPS) is 15.4. The second-order valence-electron chi connectivity index (χ2n) is 9.04. The number of aromatic amines is 1. The topological polar surface area (TPSA) is 79.1 Å². The van der Waals surface area contributed by atoms with Crippen LogP contribution in [0.3, 0.4) is 0 Å². The minimum absolute atomic E-state index is 0.137. The molecule has 0 radical (unpaired) electrons. The summed E-state index contributed by atoms with van der Waals surface area (Å²) in [5, 5.41) is 4.89. The third kappa shape index (κ3) is 5.42. The summed E-state index contributed by atoms with van der Waals surface area (Å²) in [6, 6.07) is 11.9. The van der Waals surface area contributed by atoms with Crippen molar-refractivity contribution in [3.63, 3.8) is 0 Å². The molecule has 0 bridgehead atoms. The number of aromatic nitrogens is 1. The Morgan fingerprint density at radius 1 is 1.11 bits per heavy atom. The molecule has 1 saturated heterocycles. The van der Waals surface area contributed by atoms with Crippen LogP contribution in [0.1, 0.15) is 16.7 Å². The van der Waals surface area contributed by atoms with Gasteiger partial charge in [-0.15, -0.1) is 0 Å². The van der Waals surface area contributed by atoms with Crippen molar-refractivity contribution < 1.29 is 14.2 Å². The Hall–Kier alpha value is -3.14. The van der Waals surface area contributed by atoms with Gasteiger partial charge in [0.05, 0.1) is 25.3 Å². The van der Waals surface area contributed by atoms with Crippen LogP contribution < -0.4 is 20.3 Å². The molecule has 35 heavy (non-hydrogen) atoms. The highest BCUT2D eigenvalue weighted by molar-refractivity contribution is 7.80. The van der Waals surface area contributed by atoms with E-state index in [1.165, 1.54) is 5.56 Å². The van der Waals surface area contributed by atoms with E-state index in [1.807, 2.05) is 24.3 Å². The number of ether oxygens (including phenoxy) is 3. The second kappa shape index (κ2) is 10.2. The van der Waals surface area contributed by atoms with Crippen LogP contribution in [0.25, 0.3) is 10.9 Å². The van der Waals surface area contributed by atoms with Gasteiger partial charge in [0.2, 0.25) is 6.79 Å². The number of nitrogens with zero attached hydrogens (tertiary/aromatic N) is 2. The molecular formula is C26H30N4O4S. The summed E-state index contributed by atoms with van der Waals surface area (Å²) >= 11 is 5.84. The Bertz CT molecular complexity index is 1300. The maximum absolute atomic E-state index is 13.0. The number of hydrogen-bond acceptors (Lipinski definition) is 6. The fourth-order valence-corrected chi connectivity index (χ4v) is 4.72. The summed E-state index contributed by atoms with van der Waals surface area (Å²) in [6.45, 7) is 9.52. The van der Waals surface area contributed by atoms with Crippen LogP contribution in [0.2, 0.25) is 0 Å². The Kier molecular flexibility index (Phi) is 6.90. The molecule has 3 aromatic rings. The predicted octanol–water partition coefficient (Wildman–Crippen LogP) is 3.40. The van der Waals surface area contributed by atoms with E-state index in [-0.39, 0.29) is 12.4 Å². The lowest BCUT2D eigenvalue weighted by atomic mass is 10.1. The average molecular weight is 495 g/mol. The van der Waals surface area contributed by atoms with Crippen LogP contribution in [0, 0.1) is 13.8 Å². The molecule has 0 unspecified atom stereocenters. The summed E-state index contributed by atoms with van der Waals surface area (Å²) in [6.07, 6.45) is 0. The van der Waals surface area contributed by atoms with Gasteiger partial charge in [-0.3, -0.25) is 9.69 Å². The highest BCUT2D eigenvalue weighted by atomic mass is 32.1. The summed E-state index contributed by atoms with van der Waals surface area (Å²) in [7, 11) is 0. The van der Waals surface area contributed by atoms with Crippen LogP contribution >= 0.6 is 12.2 Å². The number of morpholine rings is 1. The van der Waals surface area contributed by atoms with Gasteiger partial charge in [-0.25, -0.2) is 0 Å². The van der Waals surface area contributed by atoms with E-state index < -0.39 is 0 Å². The lowest BCUT2D eigenvalue weighted by Gasteiger charge is -2.31. The first-order chi connectivity index (χ1) is 17.0. The smallest absolute Gasteiger partial charge is 0.253 e. The van der Waals surface area contributed by atoms with Crippen LogP contribution in [0.5, 0.6) is 11.5 Å². The summed E-state index contributed by atoms with van der Waals surface area (Å²) < 4.78 is 16.4. The summed E-state index contributed by atoms with van der Waals surface area (Å²) in [5.74, 6) is 1.33. The fraction of sp³-hybridized carbons (Fsp3) is 0.385. The molecule has 5 rings (SSSR count). The molecule has 3 heterocycles. The van der Waals surface area contributed by atoms with Gasteiger partial charge in [-0.2, -0.15) is 0 Å². The number of H-pyrrole nitrogens is 1. The van der Waals surface area contributed by atoms with Gasteiger partial charge < -0.3 is 29.4 Å². The quantitative estimate of drug-likeness (QED) is 0.505. The molecule has 0 atom stereocenters. The molecule has 2 aromatic carbocycles. The second-order valence-corrected chi connectivity index (χ2v) is 9.43. The Morgan fingerprint density at radius 2 is 1.89 bits per heavy atom. The lowest BCUT2D eigenvalue weighted by Crippen LogP contribution is -2.44. The first kappa shape index (κ1) is 23.6. The number of thiocarbonyl (C=S) groups is 1. The summed E-state index contributed by atoms with van der Waals surface area (Å²) in [4.78, 5) is 20.4. The van der Waals surface area contributed by atoms with E-state index in [2.05, 4.69) is 46.1 Å². The third-order valence-electron chi connectivity index (χ3n) is 6.48. The van der Waals surface area contributed by atoms with E-state index in [9.17, 15) is 4.79 Å². The number of nitrogens with one attached hydrogen (secondary N) is 2. The number of rotatable bonds is 6. The largest absolute Gasteiger partial charge is 0.454 e. The molecule has 2 aliphatic rings. The zero-order chi connectivity index (χ0) is 24.4. The minimum atomic E-state index is -0.137. The highest BCUT2D eigenvalue weighted by Crippen LogP contribution is 2.35. The van der Waals surface area contributed by atoms with Gasteiger partial charge in [0.1, 0.15) is 0 Å². The van der Waals surface area contributed by atoms with Crippen molar-refractivity contribution in [2.75, 3.05) is 51.5 Å². The molecule has 0 spiro atoms. The van der Waals surface area contributed by atoms with E-state index in [0.29, 0.717) is 35.3 Å². The number of fused-ring (bicyclic) bond motifs is 2. The number of anilines is 1. The zero-order valence-corrected chi connectivity index (χ0v) is 20.9. The number of hydrogen-bond donors (Lipinski definition) is 2. The molecule has 9 heteroatoms. The lowest BCUT2D eigenvalue weighted by molar-refractivity contribution is 0.0358. The summed E-state index contributed by atoms with van der Waals surface area (Å²) in [5.41, 5.74) is 4.52. The molecule has 1 aromatic heterocycles. The molecule has 0 amide bonds. The molecular weight excluding hydrogens is 464 g/mol. The number of benzene rings is 2. The fourth-order valence-electron chi connectivity index (χ4n) is 4.45. The monoisotopic (exact) mass is 494 g/mol. The van der Waals surface area contributed by atoms with E-state index >= 15 is 0 Å². The molecule has 2 aliphatic heterocycles. The molecule has 8 nitrogen and oxygen atoms in total. The first-order valence-corrected chi connectivity index (χ1v) is 12.3. The van der Waals surface area contributed by atoms with Gasteiger partial charge >= 0.3 is 0 Å². The van der Waals surface area contributed by atoms with Crippen molar-refractivity contribution in [1.29, 1.82) is 0 Å². The van der Waals surface area contributed by atoms with Crippen molar-refractivity contribution >= 4 is 33.9 Å². The molecule has 0 saturated carbocycles. The van der Waals surface area contributed by atoms with Gasteiger partial charge in [-0.05, 0) is 49.8 Å². The van der Waals surface area contributed by atoms with Gasteiger partial charge in [-0.1, -0.05) is 17.7 Å². The molecule has 1 fully saturated rings. The van der Waals surface area contributed by atoms with Crippen molar-refractivity contribution in [1.82, 2.24) is 14.8 Å². The standard InChI is InChI=1S/C26H30N4O4S/c1-17-3-4-21(18(2)11-17)28-26(35)30(6-5-29-7-9-32-10-8-29)15-20-12-19-13-23-24(34-16-33-23)14-22(19)27-25(20)31/h3-4,11-14H,5-10,15-16H2,1-2H3,(H,27,31)(H,28,35). The first-order valence-electron chi connectivity index (χ1n) is 11.8. The highest BCUT2D eigenvalue weighted by Gasteiger charge is 2.19. The van der Waals surface area contributed by atoms with Crippen molar-refractivity contribution in [2.45, 2.75) is 20.4 Å². The van der Waals surface area contributed by atoms with Crippen LogP contribution in [0.15, 0.2) is 41.2 Å². The number of pyridine rings is 1. The van der Waals surface area contributed by atoms with Crippen molar-refractivity contribution in [3.05, 3.63) is 63.4 Å². The van der Waals surface area contributed by atoms with Crippen molar-refractivity contribution in [2.24, 2.45) is 0 Å². The Balaban J connectivity index is 1.39. The molecule has 0 aliphatic carbocycles. The van der Waals surface area contributed by atoms with Gasteiger partial charge in [0.25, 0.3) is 5.56 Å². The van der Waals surface area contributed by atoms with Crippen LogP contribution in [-0.4, -0.2) is 66.1 Å². The average Bonchev–Trinajstić information content (AvgIpc) is 3.30. The third-order valence-corrected chi connectivity index (χ3v) is 6.84. The van der Waals surface area contributed by atoms with Gasteiger partial charge in [0, 0.05) is 48.9 Å². The van der Waals surface area contributed by atoms with Crippen molar-refractivity contribution in [3.8, 4) is 11.5 Å². The van der Waals surface area contributed by atoms with Gasteiger partial charge in [0.15, 0.2) is 16.6 Å². The SMILES string of the molecule is Cc1ccc(NC(=S)N(CCN2CCOCC2)Cc2cc3cc4c(cc3[nH]c2=O)OCO4)c(C)c1. The van der Waals surface area contributed by atoms with E-state index in [1.54, 1.807) is 0 Å². The maximum atomic E-state index is 13.0. The predicted molar refractivity (Wildman–Crippen MR) is 140 cm³/mol.